The van der Waals surface area contributed by atoms with E-state index in [0.717, 1.165) is 5.69 Å². The molecule has 1 aromatic heterocycles. The molecule has 0 radical (unpaired) electrons. The number of rotatable bonds is 1. The molecule has 2 aromatic rings. The molecule has 90 valence electrons. The van der Waals surface area contributed by atoms with Gasteiger partial charge in [-0.2, -0.15) is 0 Å². The Morgan fingerprint density at radius 2 is 1.94 bits per heavy atom. The Bertz CT molecular complexity index is 537. The smallest absolute Gasteiger partial charge is 0.184 e. The molecule has 1 aromatic carbocycles. The molecule has 0 aliphatic heterocycles. The van der Waals surface area contributed by atoms with Crippen molar-refractivity contribution >= 4 is 22.9 Å². The van der Waals surface area contributed by atoms with Crippen LogP contribution in [0.5, 0.6) is 0 Å². The Morgan fingerprint density at radius 3 is 2.47 bits per heavy atom. The van der Waals surface area contributed by atoms with Crippen LogP contribution in [0, 0.1) is 6.92 Å². The van der Waals surface area contributed by atoms with Crippen molar-refractivity contribution < 1.29 is 0 Å². The molecule has 0 atom stereocenters. The van der Waals surface area contributed by atoms with E-state index in [1.165, 1.54) is 28.0 Å². The maximum Gasteiger partial charge on any atom is 0.184 e. The third-order valence-corrected chi connectivity index (χ3v) is 3.83. The highest BCUT2D eigenvalue weighted by Crippen LogP contribution is 2.31. The first kappa shape index (κ1) is 12.6. The van der Waals surface area contributed by atoms with Crippen LogP contribution < -0.4 is 0 Å². The fourth-order valence-corrected chi connectivity index (χ4v) is 2.50. The van der Waals surface area contributed by atoms with E-state index < -0.39 is 0 Å². The summed E-state index contributed by atoms with van der Waals surface area (Å²) in [5, 5.41) is 2.01. The Balaban J connectivity index is 2.54. The standard InChI is InChI=1S/C14H16ClNS/c1-9-5-6-10(14(2,3)4)7-11(9)12-8-17-13(15)16-12/h5-8H,1-4H3. The summed E-state index contributed by atoms with van der Waals surface area (Å²) in [6.07, 6.45) is 0. The molecule has 0 saturated heterocycles. The monoisotopic (exact) mass is 265 g/mol. The van der Waals surface area contributed by atoms with E-state index in [1.807, 2.05) is 5.38 Å². The third kappa shape index (κ3) is 2.70. The van der Waals surface area contributed by atoms with Crippen molar-refractivity contribution in [3.63, 3.8) is 0 Å². The molecule has 0 bridgehead atoms. The van der Waals surface area contributed by atoms with E-state index in [1.54, 1.807) is 0 Å². The van der Waals surface area contributed by atoms with Gasteiger partial charge in [0.25, 0.3) is 0 Å². The predicted octanol–water partition coefficient (Wildman–Crippen LogP) is 5.07. The van der Waals surface area contributed by atoms with Crippen LogP contribution in [0.25, 0.3) is 11.3 Å². The molecule has 0 saturated carbocycles. The molecule has 0 N–H and O–H groups in total. The molecule has 0 aliphatic rings. The number of aromatic nitrogens is 1. The van der Waals surface area contributed by atoms with Crippen molar-refractivity contribution in [3.8, 4) is 11.3 Å². The molecule has 0 fully saturated rings. The van der Waals surface area contributed by atoms with Crippen molar-refractivity contribution in [2.45, 2.75) is 33.1 Å². The summed E-state index contributed by atoms with van der Waals surface area (Å²) in [4.78, 5) is 4.35. The molecule has 0 aliphatic carbocycles. The lowest BCUT2D eigenvalue weighted by molar-refractivity contribution is 0.590. The lowest BCUT2D eigenvalue weighted by Gasteiger charge is -2.20. The van der Waals surface area contributed by atoms with Crippen molar-refractivity contribution in [2.24, 2.45) is 0 Å². The first-order chi connectivity index (χ1) is 7.88. The first-order valence-corrected chi connectivity index (χ1v) is 6.86. The van der Waals surface area contributed by atoms with Crippen molar-refractivity contribution in [2.75, 3.05) is 0 Å². The van der Waals surface area contributed by atoms with E-state index >= 15 is 0 Å². The zero-order chi connectivity index (χ0) is 12.6. The molecule has 2 rings (SSSR count). The zero-order valence-corrected chi connectivity index (χ0v) is 12.1. The summed E-state index contributed by atoms with van der Waals surface area (Å²) in [7, 11) is 0. The van der Waals surface area contributed by atoms with Gasteiger partial charge < -0.3 is 0 Å². The van der Waals surface area contributed by atoms with Gasteiger partial charge >= 0.3 is 0 Å². The summed E-state index contributed by atoms with van der Waals surface area (Å²) in [5.41, 5.74) is 4.87. The molecule has 0 spiro atoms. The largest absolute Gasteiger partial charge is 0.225 e. The first-order valence-electron chi connectivity index (χ1n) is 5.60. The minimum Gasteiger partial charge on any atom is -0.225 e. The van der Waals surface area contributed by atoms with Gasteiger partial charge in [-0.15, -0.1) is 11.3 Å². The lowest BCUT2D eigenvalue weighted by Crippen LogP contribution is -2.11. The van der Waals surface area contributed by atoms with Crippen molar-refractivity contribution in [3.05, 3.63) is 39.2 Å². The Morgan fingerprint density at radius 1 is 1.24 bits per heavy atom. The molecular weight excluding hydrogens is 250 g/mol. The number of nitrogens with zero attached hydrogens (tertiary/aromatic N) is 1. The fraction of sp³-hybridized carbons (Fsp3) is 0.357. The van der Waals surface area contributed by atoms with Crippen LogP contribution >= 0.6 is 22.9 Å². The summed E-state index contributed by atoms with van der Waals surface area (Å²) >= 11 is 7.38. The normalized spacial score (nSPS) is 11.8. The number of halogens is 1. The Labute approximate surface area is 111 Å². The fourth-order valence-electron chi connectivity index (χ4n) is 1.74. The summed E-state index contributed by atoms with van der Waals surface area (Å²) < 4.78 is 0.598. The molecule has 17 heavy (non-hydrogen) atoms. The van der Waals surface area contributed by atoms with Crippen LogP contribution in [-0.2, 0) is 5.41 Å². The summed E-state index contributed by atoms with van der Waals surface area (Å²) in [6, 6.07) is 6.57. The Hall–Kier alpha value is -0.860. The second-order valence-corrected chi connectivity index (χ2v) is 6.71. The minimum atomic E-state index is 0.155. The number of benzene rings is 1. The van der Waals surface area contributed by atoms with Crippen LogP contribution in [0.1, 0.15) is 31.9 Å². The molecule has 3 heteroatoms. The van der Waals surface area contributed by atoms with Crippen LogP contribution in [0.4, 0.5) is 0 Å². The van der Waals surface area contributed by atoms with Crippen LogP contribution in [0.15, 0.2) is 23.6 Å². The minimum absolute atomic E-state index is 0.155. The van der Waals surface area contributed by atoms with Gasteiger partial charge in [-0.05, 0) is 29.5 Å². The van der Waals surface area contributed by atoms with Gasteiger partial charge in [0.15, 0.2) is 4.47 Å². The predicted molar refractivity (Wildman–Crippen MR) is 76.0 cm³/mol. The van der Waals surface area contributed by atoms with E-state index in [4.69, 9.17) is 11.6 Å². The van der Waals surface area contributed by atoms with Crippen LogP contribution in [0.2, 0.25) is 4.47 Å². The highest BCUT2D eigenvalue weighted by molar-refractivity contribution is 7.14. The van der Waals surface area contributed by atoms with E-state index in [-0.39, 0.29) is 5.41 Å². The third-order valence-electron chi connectivity index (χ3n) is 2.86. The van der Waals surface area contributed by atoms with Gasteiger partial charge in [0.2, 0.25) is 0 Å². The van der Waals surface area contributed by atoms with E-state index in [0.29, 0.717) is 4.47 Å². The summed E-state index contributed by atoms with van der Waals surface area (Å²) in [5.74, 6) is 0. The van der Waals surface area contributed by atoms with E-state index in [2.05, 4.69) is 50.9 Å². The van der Waals surface area contributed by atoms with Gasteiger partial charge in [-0.3, -0.25) is 0 Å². The zero-order valence-electron chi connectivity index (χ0n) is 10.5. The maximum atomic E-state index is 5.90. The van der Waals surface area contributed by atoms with Gasteiger partial charge in [0, 0.05) is 10.9 Å². The van der Waals surface area contributed by atoms with Crippen LogP contribution in [-0.4, -0.2) is 4.98 Å². The number of hydrogen-bond acceptors (Lipinski definition) is 2. The molecule has 1 heterocycles. The molecule has 0 amide bonds. The SMILES string of the molecule is Cc1ccc(C(C)(C)C)cc1-c1csc(Cl)n1. The maximum absolute atomic E-state index is 5.90. The Kier molecular flexibility index (Phi) is 3.28. The number of aryl methyl sites for hydroxylation is 1. The second-order valence-electron chi connectivity index (χ2n) is 5.27. The average Bonchev–Trinajstić information content (AvgIpc) is 2.63. The van der Waals surface area contributed by atoms with Crippen molar-refractivity contribution in [1.82, 2.24) is 4.98 Å². The quantitative estimate of drug-likeness (QED) is 0.702. The van der Waals surface area contributed by atoms with Crippen molar-refractivity contribution in [1.29, 1.82) is 0 Å². The number of hydrogen-bond donors (Lipinski definition) is 0. The highest BCUT2D eigenvalue weighted by Gasteiger charge is 2.16. The van der Waals surface area contributed by atoms with Gasteiger partial charge in [-0.1, -0.05) is 44.5 Å². The highest BCUT2D eigenvalue weighted by atomic mass is 35.5. The molecule has 1 nitrogen and oxygen atoms in total. The average molecular weight is 266 g/mol. The van der Waals surface area contributed by atoms with Gasteiger partial charge in [0.05, 0.1) is 5.69 Å². The number of thiazole rings is 1. The lowest BCUT2D eigenvalue weighted by atomic mass is 9.85. The van der Waals surface area contributed by atoms with Gasteiger partial charge in [-0.25, -0.2) is 4.98 Å². The van der Waals surface area contributed by atoms with E-state index in [9.17, 15) is 0 Å². The van der Waals surface area contributed by atoms with Crippen LogP contribution in [0.3, 0.4) is 0 Å². The second kappa shape index (κ2) is 4.43. The molecule has 0 unspecified atom stereocenters. The topological polar surface area (TPSA) is 12.9 Å². The molecular formula is C14H16ClNS. The summed E-state index contributed by atoms with van der Waals surface area (Å²) in [6.45, 7) is 8.76. The van der Waals surface area contributed by atoms with Gasteiger partial charge in [0.1, 0.15) is 0 Å².